The van der Waals surface area contributed by atoms with Gasteiger partial charge in [-0.3, -0.25) is 9.59 Å². The number of halogens is 2. The SMILES string of the molecule is CCOc1c(Cl)cc(/C=C2\SC(=O)N(c3ccccc3OC)C2=O)cc1Cl. The fourth-order valence-corrected chi connectivity index (χ4v) is 4.03. The third kappa shape index (κ3) is 3.93. The van der Waals surface area contributed by atoms with Crippen molar-refractivity contribution >= 4 is 57.9 Å². The van der Waals surface area contributed by atoms with E-state index in [0.29, 0.717) is 39.4 Å². The summed E-state index contributed by atoms with van der Waals surface area (Å²) in [6.07, 6.45) is 1.58. The minimum absolute atomic E-state index is 0.266. The number of benzene rings is 2. The molecule has 140 valence electrons. The molecule has 1 aliphatic rings. The molecular formula is C19H15Cl2NO4S. The standard InChI is InChI=1S/C19H15Cl2NO4S/c1-3-26-17-12(20)8-11(9-13(17)21)10-16-18(23)22(19(24)27-16)14-6-4-5-7-15(14)25-2/h4-10H,3H2,1-2H3/b16-10-. The Bertz CT molecular complexity index is 922. The summed E-state index contributed by atoms with van der Waals surface area (Å²) in [5, 5.41) is 0.262. The number of anilines is 1. The van der Waals surface area contributed by atoms with Gasteiger partial charge in [0.05, 0.1) is 34.4 Å². The van der Waals surface area contributed by atoms with Crippen molar-refractivity contribution in [1.29, 1.82) is 0 Å². The summed E-state index contributed by atoms with van der Waals surface area (Å²) >= 11 is 13.2. The van der Waals surface area contributed by atoms with Crippen molar-refractivity contribution in [3.8, 4) is 11.5 Å². The summed E-state index contributed by atoms with van der Waals surface area (Å²) in [4.78, 5) is 26.6. The summed E-state index contributed by atoms with van der Waals surface area (Å²) in [7, 11) is 1.48. The van der Waals surface area contributed by atoms with Crippen molar-refractivity contribution < 1.29 is 19.1 Å². The molecule has 0 N–H and O–H groups in total. The van der Waals surface area contributed by atoms with Crippen LogP contribution in [0.4, 0.5) is 10.5 Å². The number of rotatable bonds is 5. The smallest absolute Gasteiger partial charge is 0.298 e. The molecule has 0 aliphatic carbocycles. The van der Waals surface area contributed by atoms with Crippen molar-refractivity contribution in [1.82, 2.24) is 0 Å². The molecular weight excluding hydrogens is 409 g/mol. The first kappa shape index (κ1) is 19.6. The second kappa shape index (κ2) is 8.25. The van der Waals surface area contributed by atoms with E-state index < -0.39 is 11.1 Å². The molecule has 1 aliphatic heterocycles. The Kier molecular flexibility index (Phi) is 5.99. The van der Waals surface area contributed by atoms with Gasteiger partial charge in [-0.05, 0) is 54.6 Å². The Morgan fingerprint density at radius 1 is 1.15 bits per heavy atom. The van der Waals surface area contributed by atoms with Gasteiger partial charge in [-0.25, -0.2) is 4.90 Å². The predicted octanol–water partition coefficient (Wildman–Crippen LogP) is 5.64. The van der Waals surface area contributed by atoms with Crippen LogP contribution in [0.25, 0.3) is 6.08 Å². The normalized spacial score (nSPS) is 15.6. The van der Waals surface area contributed by atoms with Gasteiger partial charge in [0, 0.05) is 0 Å². The maximum atomic E-state index is 12.8. The lowest BCUT2D eigenvalue weighted by molar-refractivity contribution is -0.113. The van der Waals surface area contributed by atoms with E-state index in [0.717, 1.165) is 16.7 Å². The maximum absolute atomic E-state index is 12.8. The number of imide groups is 1. The average molecular weight is 424 g/mol. The van der Waals surface area contributed by atoms with E-state index in [9.17, 15) is 9.59 Å². The minimum atomic E-state index is -0.435. The molecule has 0 radical (unpaired) electrons. The molecule has 0 atom stereocenters. The van der Waals surface area contributed by atoms with Gasteiger partial charge in [-0.15, -0.1) is 0 Å². The Balaban J connectivity index is 1.95. The summed E-state index contributed by atoms with van der Waals surface area (Å²) in [5.74, 6) is 0.393. The van der Waals surface area contributed by atoms with Crippen LogP contribution in [0.15, 0.2) is 41.3 Å². The Morgan fingerprint density at radius 2 is 1.81 bits per heavy atom. The van der Waals surface area contributed by atoms with Crippen LogP contribution in [-0.2, 0) is 4.79 Å². The van der Waals surface area contributed by atoms with Gasteiger partial charge in [0.2, 0.25) is 0 Å². The first-order chi connectivity index (χ1) is 13.0. The number of methoxy groups -OCH3 is 1. The number of carbonyl (C=O) groups excluding carboxylic acids is 2. The van der Waals surface area contributed by atoms with E-state index in [2.05, 4.69) is 0 Å². The number of thioether (sulfide) groups is 1. The van der Waals surface area contributed by atoms with Crippen LogP contribution in [-0.4, -0.2) is 24.9 Å². The number of para-hydroxylation sites is 2. The van der Waals surface area contributed by atoms with Crippen LogP contribution in [0.3, 0.4) is 0 Å². The van der Waals surface area contributed by atoms with Crippen LogP contribution in [0.2, 0.25) is 10.0 Å². The molecule has 0 bridgehead atoms. The third-order valence-corrected chi connectivity index (χ3v) is 5.16. The van der Waals surface area contributed by atoms with Crippen molar-refractivity contribution in [2.24, 2.45) is 0 Å². The highest BCUT2D eigenvalue weighted by atomic mass is 35.5. The topological polar surface area (TPSA) is 55.8 Å². The largest absolute Gasteiger partial charge is 0.495 e. The fourth-order valence-electron chi connectivity index (χ4n) is 2.59. The van der Waals surface area contributed by atoms with Crippen LogP contribution in [0, 0.1) is 0 Å². The zero-order valence-electron chi connectivity index (χ0n) is 14.5. The minimum Gasteiger partial charge on any atom is -0.495 e. The zero-order chi connectivity index (χ0) is 19.6. The van der Waals surface area contributed by atoms with Gasteiger partial charge in [0.1, 0.15) is 5.75 Å². The summed E-state index contributed by atoms with van der Waals surface area (Å²) in [6, 6.07) is 10.1. The van der Waals surface area contributed by atoms with E-state index in [1.807, 2.05) is 6.92 Å². The highest BCUT2D eigenvalue weighted by molar-refractivity contribution is 8.19. The van der Waals surface area contributed by atoms with E-state index in [4.69, 9.17) is 32.7 Å². The fraction of sp³-hybridized carbons (Fsp3) is 0.158. The van der Waals surface area contributed by atoms with E-state index in [-0.39, 0.29) is 4.91 Å². The Morgan fingerprint density at radius 3 is 2.44 bits per heavy atom. The molecule has 3 rings (SSSR count). The molecule has 0 spiro atoms. The van der Waals surface area contributed by atoms with Gasteiger partial charge in [-0.1, -0.05) is 35.3 Å². The van der Waals surface area contributed by atoms with Gasteiger partial charge < -0.3 is 9.47 Å². The maximum Gasteiger partial charge on any atom is 0.298 e. The monoisotopic (exact) mass is 423 g/mol. The highest BCUT2D eigenvalue weighted by Gasteiger charge is 2.37. The van der Waals surface area contributed by atoms with Crippen molar-refractivity contribution in [2.45, 2.75) is 6.92 Å². The molecule has 5 nitrogen and oxygen atoms in total. The van der Waals surface area contributed by atoms with Crippen LogP contribution in [0.1, 0.15) is 12.5 Å². The lowest BCUT2D eigenvalue weighted by atomic mass is 10.2. The number of ether oxygens (including phenoxy) is 2. The molecule has 2 aromatic carbocycles. The molecule has 2 amide bonds. The molecule has 0 saturated carbocycles. The molecule has 8 heteroatoms. The van der Waals surface area contributed by atoms with Crippen LogP contribution >= 0.6 is 35.0 Å². The van der Waals surface area contributed by atoms with Gasteiger partial charge in [-0.2, -0.15) is 0 Å². The average Bonchev–Trinajstić information content (AvgIpc) is 2.91. The lowest BCUT2D eigenvalue weighted by Crippen LogP contribution is -2.28. The first-order valence-corrected chi connectivity index (χ1v) is 9.56. The third-order valence-electron chi connectivity index (χ3n) is 3.73. The Labute approximate surface area is 170 Å². The van der Waals surface area contributed by atoms with Gasteiger partial charge >= 0.3 is 0 Å². The van der Waals surface area contributed by atoms with Gasteiger partial charge in [0.15, 0.2) is 5.75 Å². The van der Waals surface area contributed by atoms with E-state index >= 15 is 0 Å². The second-order valence-electron chi connectivity index (χ2n) is 5.44. The van der Waals surface area contributed by atoms with Crippen LogP contribution < -0.4 is 14.4 Å². The van der Waals surface area contributed by atoms with Crippen LogP contribution in [0.5, 0.6) is 11.5 Å². The van der Waals surface area contributed by atoms with E-state index in [1.165, 1.54) is 7.11 Å². The highest BCUT2D eigenvalue weighted by Crippen LogP contribution is 2.40. The van der Waals surface area contributed by atoms with Crippen molar-refractivity contribution in [3.05, 3.63) is 56.9 Å². The molecule has 0 unspecified atom stereocenters. The van der Waals surface area contributed by atoms with Crippen molar-refractivity contribution in [3.63, 3.8) is 0 Å². The number of amides is 2. The zero-order valence-corrected chi connectivity index (χ0v) is 16.8. The quantitative estimate of drug-likeness (QED) is 0.582. The molecule has 0 aromatic heterocycles. The van der Waals surface area contributed by atoms with Crippen molar-refractivity contribution in [2.75, 3.05) is 18.6 Å². The molecule has 1 saturated heterocycles. The van der Waals surface area contributed by atoms with Gasteiger partial charge in [0.25, 0.3) is 11.1 Å². The number of nitrogens with zero attached hydrogens (tertiary/aromatic N) is 1. The second-order valence-corrected chi connectivity index (χ2v) is 7.24. The summed E-state index contributed by atoms with van der Waals surface area (Å²) < 4.78 is 10.6. The predicted molar refractivity (Wildman–Crippen MR) is 109 cm³/mol. The molecule has 1 fully saturated rings. The number of hydrogen-bond acceptors (Lipinski definition) is 5. The molecule has 1 heterocycles. The molecule has 27 heavy (non-hydrogen) atoms. The summed E-state index contributed by atoms with van der Waals surface area (Å²) in [5.41, 5.74) is 0.993. The summed E-state index contributed by atoms with van der Waals surface area (Å²) in [6.45, 7) is 2.25. The first-order valence-electron chi connectivity index (χ1n) is 7.99. The number of carbonyl (C=O) groups is 2. The Hall–Kier alpha value is -2.15. The molecule has 2 aromatic rings. The van der Waals surface area contributed by atoms with E-state index in [1.54, 1.807) is 42.5 Å². The lowest BCUT2D eigenvalue weighted by Gasteiger charge is -2.15. The number of hydrogen-bond donors (Lipinski definition) is 0.